The Bertz CT molecular complexity index is 488. The molecule has 0 aromatic carbocycles. The minimum Gasteiger partial charge on any atom is -0.314 e. The molecule has 2 N–H and O–H groups in total. The van der Waals surface area contributed by atoms with Crippen LogP contribution in [0.4, 0.5) is 0 Å². The zero-order chi connectivity index (χ0) is 16.2. The third-order valence-corrected chi connectivity index (χ3v) is 10.3. The minimum absolute atomic E-state index is 0.514. The molecule has 0 saturated heterocycles. The third kappa shape index (κ3) is 1.71. The van der Waals surface area contributed by atoms with Gasteiger partial charge in [0.15, 0.2) is 0 Å². The SMILES string of the molecule is CNC12CC3CC(C1)CC(C14CC5CC(CC(NC)(C5)C1)C4)(C3)C2. The third-order valence-electron chi connectivity index (χ3n) is 10.3. The molecule has 8 rings (SSSR count). The van der Waals surface area contributed by atoms with E-state index in [1.165, 1.54) is 38.5 Å². The van der Waals surface area contributed by atoms with E-state index >= 15 is 0 Å². The van der Waals surface area contributed by atoms with Crippen molar-refractivity contribution in [1.82, 2.24) is 10.6 Å². The Morgan fingerprint density at radius 1 is 0.542 bits per heavy atom. The molecule has 8 bridgehead atoms. The average molecular weight is 329 g/mol. The molecule has 2 heteroatoms. The largest absolute Gasteiger partial charge is 0.314 e. The van der Waals surface area contributed by atoms with Gasteiger partial charge in [0.05, 0.1) is 0 Å². The van der Waals surface area contributed by atoms with Crippen molar-refractivity contribution >= 4 is 0 Å². The van der Waals surface area contributed by atoms with Gasteiger partial charge in [-0.25, -0.2) is 0 Å². The fraction of sp³-hybridized carbons (Fsp3) is 1.00. The van der Waals surface area contributed by atoms with Crippen LogP contribution < -0.4 is 10.6 Å². The van der Waals surface area contributed by atoms with Crippen LogP contribution in [0.2, 0.25) is 0 Å². The Hall–Kier alpha value is -0.0800. The molecule has 24 heavy (non-hydrogen) atoms. The van der Waals surface area contributed by atoms with Crippen LogP contribution in [-0.4, -0.2) is 25.2 Å². The second kappa shape index (κ2) is 4.42. The van der Waals surface area contributed by atoms with E-state index < -0.39 is 0 Å². The first-order chi connectivity index (χ1) is 11.5. The van der Waals surface area contributed by atoms with Crippen LogP contribution in [0.3, 0.4) is 0 Å². The lowest BCUT2D eigenvalue weighted by molar-refractivity contribution is -0.215. The average Bonchev–Trinajstić information content (AvgIpc) is 2.52. The summed E-state index contributed by atoms with van der Waals surface area (Å²) in [6, 6.07) is 0. The standard InChI is InChI=1S/C22H36N2/c1-23-21-9-15-3-16(10-21)6-19(5-15,13-21)20-7-17-4-18(8-20)12-22(11-17,14-20)24-2/h15-18,23-24H,3-14H2,1-2H3. The molecule has 2 nitrogen and oxygen atoms in total. The summed E-state index contributed by atoms with van der Waals surface area (Å²) < 4.78 is 0. The van der Waals surface area contributed by atoms with E-state index in [2.05, 4.69) is 24.7 Å². The molecule has 0 aromatic rings. The van der Waals surface area contributed by atoms with Gasteiger partial charge in [0.1, 0.15) is 0 Å². The van der Waals surface area contributed by atoms with Gasteiger partial charge in [0, 0.05) is 11.1 Å². The quantitative estimate of drug-likeness (QED) is 0.815. The number of hydrogen-bond donors (Lipinski definition) is 2. The lowest BCUT2D eigenvalue weighted by Gasteiger charge is -2.74. The fourth-order valence-corrected chi connectivity index (χ4v) is 10.4. The highest BCUT2D eigenvalue weighted by Crippen LogP contribution is 2.75. The monoisotopic (exact) mass is 328 g/mol. The summed E-state index contributed by atoms with van der Waals surface area (Å²) in [5, 5.41) is 7.75. The van der Waals surface area contributed by atoms with Gasteiger partial charge >= 0.3 is 0 Å². The minimum atomic E-state index is 0.514. The molecule has 0 spiro atoms. The van der Waals surface area contributed by atoms with Crippen LogP contribution in [0, 0.1) is 34.5 Å². The van der Waals surface area contributed by atoms with E-state index in [1.54, 1.807) is 38.5 Å². The normalized spacial score (nSPS) is 63.2. The van der Waals surface area contributed by atoms with Crippen molar-refractivity contribution in [3.63, 3.8) is 0 Å². The van der Waals surface area contributed by atoms with E-state index in [0.717, 1.165) is 23.7 Å². The van der Waals surface area contributed by atoms with E-state index in [9.17, 15) is 0 Å². The van der Waals surface area contributed by atoms with Crippen molar-refractivity contribution < 1.29 is 0 Å². The van der Waals surface area contributed by atoms with Gasteiger partial charge in [-0.05, 0) is 126 Å². The highest BCUT2D eigenvalue weighted by molar-refractivity contribution is 5.22. The second-order valence-electron chi connectivity index (χ2n) is 11.5. The van der Waals surface area contributed by atoms with Crippen molar-refractivity contribution in [2.24, 2.45) is 34.5 Å². The Balaban J connectivity index is 1.44. The molecule has 8 aliphatic carbocycles. The first-order valence-electron chi connectivity index (χ1n) is 10.9. The summed E-state index contributed by atoms with van der Waals surface area (Å²) in [5.41, 5.74) is 2.42. The summed E-state index contributed by atoms with van der Waals surface area (Å²) >= 11 is 0. The molecular weight excluding hydrogens is 292 g/mol. The van der Waals surface area contributed by atoms with Gasteiger partial charge in [-0.1, -0.05) is 0 Å². The summed E-state index contributed by atoms with van der Waals surface area (Å²) in [6.07, 6.45) is 18.5. The Kier molecular flexibility index (Phi) is 2.77. The van der Waals surface area contributed by atoms with Crippen LogP contribution in [0.15, 0.2) is 0 Å². The molecule has 0 aliphatic heterocycles. The molecular formula is C22H36N2. The zero-order valence-corrected chi connectivity index (χ0v) is 15.8. The van der Waals surface area contributed by atoms with E-state index in [-0.39, 0.29) is 0 Å². The molecule has 8 aliphatic rings. The highest BCUT2D eigenvalue weighted by atomic mass is 15.0. The number of nitrogens with one attached hydrogen (secondary N) is 2. The predicted molar refractivity (Wildman–Crippen MR) is 97.8 cm³/mol. The van der Waals surface area contributed by atoms with Crippen LogP contribution in [0.1, 0.15) is 77.0 Å². The molecule has 4 atom stereocenters. The second-order valence-corrected chi connectivity index (χ2v) is 11.5. The molecule has 0 amide bonds. The molecule has 8 saturated carbocycles. The Morgan fingerprint density at radius 2 is 0.875 bits per heavy atom. The first-order valence-corrected chi connectivity index (χ1v) is 10.9. The fourth-order valence-electron chi connectivity index (χ4n) is 10.4. The Morgan fingerprint density at radius 3 is 1.17 bits per heavy atom. The maximum Gasteiger partial charge on any atom is 0.0189 e. The molecule has 0 heterocycles. The zero-order valence-electron chi connectivity index (χ0n) is 15.8. The number of hydrogen-bond acceptors (Lipinski definition) is 2. The van der Waals surface area contributed by atoms with Crippen molar-refractivity contribution in [1.29, 1.82) is 0 Å². The van der Waals surface area contributed by atoms with Gasteiger partial charge < -0.3 is 10.6 Å². The van der Waals surface area contributed by atoms with Gasteiger partial charge in [0.25, 0.3) is 0 Å². The molecule has 0 radical (unpaired) electrons. The maximum atomic E-state index is 3.87. The number of rotatable bonds is 3. The van der Waals surface area contributed by atoms with Crippen LogP contribution in [0.25, 0.3) is 0 Å². The lowest BCUT2D eigenvalue weighted by Crippen LogP contribution is -2.70. The predicted octanol–water partition coefficient (Wildman–Crippen LogP) is 4.10. The van der Waals surface area contributed by atoms with Crippen LogP contribution in [-0.2, 0) is 0 Å². The van der Waals surface area contributed by atoms with Crippen molar-refractivity contribution in [3.8, 4) is 0 Å². The molecule has 0 aromatic heterocycles. The van der Waals surface area contributed by atoms with Crippen molar-refractivity contribution in [2.75, 3.05) is 14.1 Å². The summed E-state index contributed by atoms with van der Waals surface area (Å²) in [4.78, 5) is 0. The molecule has 134 valence electrons. The van der Waals surface area contributed by atoms with Crippen molar-refractivity contribution in [2.45, 2.75) is 88.1 Å². The van der Waals surface area contributed by atoms with E-state index in [1.807, 2.05) is 0 Å². The smallest absolute Gasteiger partial charge is 0.0189 e. The Labute approximate surface area is 147 Å². The van der Waals surface area contributed by atoms with Crippen LogP contribution >= 0.6 is 0 Å². The first kappa shape index (κ1) is 15.0. The van der Waals surface area contributed by atoms with Crippen molar-refractivity contribution in [3.05, 3.63) is 0 Å². The summed E-state index contributed by atoms with van der Waals surface area (Å²) in [6.45, 7) is 0. The summed E-state index contributed by atoms with van der Waals surface area (Å²) in [5.74, 6) is 4.16. The lowest BCUT2D eigenvalue weighted by atomic mass is 9.33. The molecule has 4 unspecified atom stereocenters. The van der Waals surface area contributed by atoms with Gasteiger partial charge in [-0.15, -0.1) is 0 Å². The summed E-state index contributed by atoms with van der Waals surface area (Å²) in [7, 11) is 4.55. The van der Waals surface area contributed by atoms with E-state index in [0.29, 0.717) is 21.9 Å². The topological polar surface area (TPSA) is 24.1 Å². The van der Waals surface area contributed by atoms with Gasteiger partial charge in [-0.2, -0.15) is 0 Å². The van der Waals surface area contributed by atoms with Gasteiger partial charge in [-0.3, -0.25) is 0 Å². The van der Waals surface area contributed by atoms with E-state index in [4.69, 9.17) is 0 Å². The highest BCUT2D eigenvalue weighted by Gasteiger charge is 2.69. The van der Waals surface area contributed by atoms with Gasteiger partial charge in [0.2, 0.25) is 0 Å². The van der Waals surface area contributed by atoms with Crippen LogP contribution in [0.5, 0.6) is 0 Å². The molecule has 8 fully saturated rings. The maximum absolute atomic E-state index is 3.87.